The summed E-state index contributed by atoms with van der Waals surface area (Å²) in [5, 5.41) is 0. The van der Waals surface area contributed by atoms with Crippen molar-refractivity contribution in [2.24, 2.45) is 0 Å². The molecule has 0 aromatic heterocycles. The molecule has 0 saturated heterocycles. The second kappa shape index (κ2) is 11.2. The van der Waals surface area contributed by atoms with Gasteiger partial charge in [-0.3, -0.25) is 4.79 Å². The lowest BCUT2D eigenvalue weighted by molar-refractivity contribution is -0.137. The smallest absolute Gasteiger partial charge is 0.383 e. The summed E-state index contributed by atoms with van der Waals surface area (Å²) in [7, 11) is -3.02. The monoisotopic (exact) mass is 571 g/mol. The molecule has 0 saturated carbocycles. The number of nitrogens with zero attached hydrogens (tertiary/aromatic N) is 1. The average Bonchev–Trinajstić information content (AvgIpc) is 2.81. The van der Waals surface area contributed by atoms with E-state index in [0.29, 0.717) is 17.2 Å². The second-order valence-electron chi connectivity index (χ2n) is 7.44. The predicted octanol–water partition coefficient (Wildman–Crippen LogP) is 5.52. The standard InChI is InChI=1S/C24H21BrF3NO5S/c1-33-12-11-29(23(30)18-6-3-8-20(25)14-18)16-17-5-2-9-21(13-17)34-35(31,32)22-10-4-7-19(15-22)24(26,27)28/h2-10,13-15H,11-12,16H2,1H3. The summed E-state index contributed by atoms with van der Waals surface area (Å²) in [4.78, 5) is 14.0. The summed E-state index contributed by atoms with van der Waals surface area (Å²) in [5.74, 6) is -0.354. The van der Waals surface area contributed by atoms with Crippen LogP contribution in [0.4, 0.5) is 13.2 Å². The zero-order chi connectivity index (χ0) is 25.6. The van der Waals surface area contributed by atoms with Crippen LogP contribution in [0.3, 0.4) is 0 Å². The molecule has 11 heteroatoms. The van der Waals surface area contributed by atoms with Crippen molar-refractivity contribution in [2.75, 3.05) is 20.3 Å². The molecule has 0 heterocycles. The lowest BCUT2D eigenvalue weighted by atomic mass is 10.1. The van der Waals surface area contributed by atoms with E-state index in [1.165, 1.54) is 30.2 Å². The maximum Gasteiger partial charge on any atom is 0.416 e. The molecule has 3 aromatic carbocycles. The van der Waals surface area contributed by atoms with Gasteiger partial charge in [0, 0.05) is 30.2 Å². The minimum atomic E-state index is -4.70. The van der Waals surface area contributed by atoms with Gasteiger partial charge in [0.1, 0.15) is 10.6 Å². The Morgan fingerprint density at radius 1 is 1.00 bits per heavy atom. The highest BCUT2D eigenvalue weighted by Gasteiger charge is 2.32. The van der Waals surface area contributed by atoms with Crippen LogP contribution >= 0.6 is 15.9 Å². The van der Waals surface area contributed by atoms with E-state index in [1.807, 2.05) is 0 Å². The van der Waals surface area contributed by atoms with E-state index < -0.39 is 26.8 Å². The fourth-order valence-corrected chi connectivity index (χ4v) is 4.55. The molecular weight excluding hydrogens is 551 g/mol. The first-order valence-electron chi connectivity index (χ1n) is 10.2. The lowest BCUT2D eigenvalue weighted by Crippen LogP contribution is -2.33. The van der Waals surface area contributed by atoms with Gasteiger partial charge in [-0.05, 0) is 54.1 Å². The van der Waals surface area contributed by atoms with Crippen LogP contribution in [-0.2, 0) is 27.6 Å². The van der Waals surface area contributed by atoms with E-state index in [9.17, 15) is 26.4 Å². The van der Waals surface area contributed by atoms with Gasteiger partial charge in [0.2, 0.25) is 0 Å². The molecule has 35 heavy (non-hydrogen) atoms. The van der Waals surface area contributed by atoms with Crippen LogP contribution in [0.15, 0.2) is 82.2 Å². The summed E-state index contributed by atoms with van der Waals surface area (Å²) < 4.78 is 75.1. The maximum absolute atomic E-state index is 13.0. The molecule has 0 spiro atoms. The molecule has 6 nitrogen and oxygen atoms in total. The molecule has 3 aromatic rings. The Kier molecular flexibility index (Phi) is 8.57. The van der Waals surface area contributed by atoms with Gasteiger partial charge in [-0.15, -0.1) is 0 Å². The number of amides is 1. The molecule has 0 aliphatic heterocycles. The Morgan fingerprint density at radius 2 is 1.71 bits per heavy atom. The van der Waals surface area contributed by atoms with E-state index in [0.717, 1.165) is 22.7 Å². The van der Waals surface area contributed by atoms with Gasteiger partial charge in [-0.1, -0.05) is 40.2 Å². The van der Waals surface area contributed by atoms with Crippen molar-refractivity contribution in [1.82, 2.24) is 4.90 Å². The van der Waals surface area contributed by atoms with Crippen molar-refractivity contribution in [1.29, 1.82) is 0 Å². The van der Waals surface area contributed by atoms with Crippen molar-refractivity contribution in [3.63, 3.8) is 0 Å². The highest BCUT2D eigenvalue weighted by molar-refractivity contribution is 9.10. The molecule has 0 N–H and O–H groups in total. The highest BCUT2D eigenvalue weighted by Crippen LogP contribution is 2.31. The van der Waals surface area contributed by atoms with E-state index in [-0.39, 0.29) is 31.4 Å². The number of carbonyl (C=O) groups is 1. The van der Waals surface area contributed by atoms with Gasteiger partial charge in [0.25, 0.3) is 5.91 Å². The first-order valence-corrected chi connectivity index (χ1v) is 12.4. The fraction of sp³-hybridized carbons (Fsp3) is 0.208. The largest absolute Gasteiger partial charge is 0.416 e. The van der Waals surface area contributed by atoms with Crippen molar-refractivity contribution >= 4 is 32.0 Å². The first-order chi connectivity index (χ1) is 16.5. The Bertz CT molecular complexity index is 1300. The number of methoxy groups -OCH3 is 1. The quantitative estimate of drug-likeness (QED) is 0.316. The molecule has 0 fully saturated rings. The summed E-state index contributed by atoms with van der Waals surface area (Å²) in [6, 6.07) is 16.2. The van der Waals surface area contributed by atoms with Crippen LogP contribution < -0.4 is 4.18 Å². The van der Waals surface area contributed by atoms with Crippen LogP contribution in [-0.4, -0.2) is 39.5 Å². The van der Waals surface area contributed by atoms with E-state index in [2.05, 4.69) is 15.9 Å². The van der Waals surface area contributed by atoms with E-state index >= 15 is 0 Å². The molecule has 0 aliphatic rings. The van der Waals surface area contributed by atoms with Crippen molar-refractivity contribution in [2.45, 2.75) is 17.6 Å². The molecule has 0 atom stereocenters. The van der Waals surface area contributed by atoms with E-state index in [1.54, 1.807) is 30.3 Å². The fourth-order valence-electron chi connectivity index (χ4n) is 3.18. The summed E-state index contributed by atoms with van der Waals surface area (Å²) in [6.45, 7) is 0.671. The zero-order valence-corrected chi connectivity index (χ0v) is 20.9. The zero-order valence-electron chi connectivity index (χ0n) is 18.5. The number of ether oxygens (including phenoxy) is 1. The van der Waals surface area contributed by atoms with Crippen LogP contribution in [0.25, 0.3) is 0 Å². The van der Waals surface area contributed by atoms with Gasteiger partial charge in [0.15, 0.2) is 0 Å². The number of hydrogen-bond donors (Lipinski definition) is 0. The third-order valence-electron chi connectivity index (χ3n) is 4.85. The Morgan fingerprint density at radius 3 is 2.40 bits per heavy atom. The predicted molar refractivity (Wildman–Crippen MR) is 126 cm³/mol. The lowest BCUT2D eigenvalue weighted by Gasteiger charge is -2.23. The Labute approximate surface area is 209 Å². The van der Waals surface area contributed by atoms with Crippen molar-refractivity contribution in [3.8, 4) is 5.75 Å². The Hall–Kier alpha value is -2.89. The number of carbonyl (C=O) groups excluding carboxylic acids is 1. The number of benzene rings is 3. The summed E-state index contributed by atoms with van der Waals surface area (Å²) in [5.41, 5.74) is -0.0908. The molecule has 3 rings (SSSR count). The molecular formula is C24H21BrF3NO5S. The van der Waals surface area contributed by atoms with Gasteiger partial charge < -0.3 is 13.8 Å². The molecule has 186 valence electrons. The maximum atomic E-state index is 13.0. The molecule has 0 radical (unpaired) electrons. The summed E-state index contributed by atoms with van der Waals surface area (Å²) >= 11 is 3.34. The van der Waals surface area contributed by atoms with Gasteiger partial charge in [-0.2, -0.15) is 21.6 Å². The van der Waals surface area contributed by atoms with Crippen LogP contribution in [0.5, 0.6) is 5.75 Å². The third-order valence-corrected chi connectivity index (χ3v) is 6.59. The molecule has 1 amide bonds. The van der Waals surface area contributed by atoms with Gasteiger partial charge >= 0.3 is 16.3 Å². The van der Waals surface area contributed by atoms with Gasteiger partial charge in [-0.25, -0.2) is 0 Å². The van der Waals surface area contributed by atoms with Crippen LogP contribution in [0, 0.1) is 0 Å². The minimum Gasteiger partial charge on any atom is -0.383 e. The second-order valence-corrected chi connectivity index (χ2v) is 9.90. The van der Waals surface area contributed by atoms with Crippen LogP contribution in [0.2, 0.25) is 0 Å². The normalized spacial score (nSPS) is 11.8. The Balaban J connectivity index is 1.82. The van der Waals surface area contributed by atoms with Crippen LogP contribution in [0.1, 0.15) is 21.5 Å². The minimum absolute atomic E-state index is 0.0958. The van der Waals surface area contributed by atoms with E-state index in [4.69, 9.17) is 8.92 Å². The molecule has 0 unspecified atom stereocenters. The summed E-state index contributed by atoms with van der Waals surface area (Å²) in [6.07, 6.45) is -4.70. The molecule has 0 bridgehead atoms. The van der Waals surface area contributed by atoms with Crippen molar-refractivity contribution in [3.05, 3.63) is 94.0 Å². The van der Waals surface area contributed by atoms with Gasteiger partial charge in [0.05, 0.1) is 12.2 Å². The SMILES string of the molecule is COCCN(Cc1cccc(OS(=O)(=O)c2cccc(C(F)(F)F)c2)c1)C(=O)c1cccc(Br)c1. The molecule has 0 aliphatic carbocycles. The third kappa shape index (κ3) is 7.30. The van der Waals surface area contributed by atoms with Crippen molar-refractivity contribution < 1.29 is 35.3 Å². The average molecular weight is 572 g/mol. The first kappa shape index (κ1) is 26.7. The topological polar surface area (TPSA) is 72.9 Å². The number of alkyl halides is 3. The highest BCUT2D eigenvalue weighted by atomic mass is 79.9. The number of rotatable bonds is 9. The number of hydrogen-bond acceptors (Lipinski definition) is 5. The number of halogens is 4.